The van der Waals surface area contributed by atoms with Gasteiger partial charge in [-0.3, -0.25) is 19.6 Å². The van der Waals surface area contributed by atoms with E-state index in [0.717, 1.165) is 34.0 Å². The van der Waals surface area contributed by atoms with Crippen molar-refractivity contribution in [2.24, 2.45) is 11.3 Å². The summed E-state index contributed by atoms with van der Waals surface area (Å²) in [6.45, 7) is 6.87. The molecule has 7 rings (SSSR count). The van der Waals surface area contributed by atoms with Crippen LogP contribution in [0.3, 0.4) is 0 Å². The summed E-state index contributed by atoms with van der Waals surface area (Å²) >= 11 is 0. The van der Waals surface area contributed by atoms with Gasteiger partial charge in [0.05, 0.1) is 23.2 Å². The highest BCUT2D eigenvalue weighted by Gasteiger charge is 2.47. The van der Waals surface area contributed by atoms with Crippen molar-refractivity contribution < 1.29 is 14.0 Å². The van der Waals surface area contributed by atoms with Gasteiger partial charge in [0, 0.05) is 54.2 Å². The molecular weight excluding hydrogens is 605 g/mol. The molecule has 2 aliphatic rings. The molecule has 1 unspecified atom stereocenters. The molecule has 0 radical (unpaired) electrons. The highest BCUT2D eigenvalue weighted by Crippen LogP contribution is 2.40. The molecule has 2 N–H and O–H groups in total. The average molecular weight is 644 g/mol. The Morgan fingerprint density at radius 2 is 1.69 bits per heavy atom. The fourth-order valence-electron chi connectivity index (χ4n) is 6.87. The van der Waals surface area contributed by atoms with Gasteiger partial charge in [-0.05, 0) is 85.0 Å². The first-order valence-corrected chi connectivity index (χ1v) is 16.4. The van der Waals surface area contributed by atoms with E-state index in [-0.39, 0.29) is 23.5 Å². The highest BCUT2D eigenvalue weighted by molar-refractivity contribution is 6.00. The van der Waals surface area contributed by atoms with E-state index in [1.54, 1.807) is 30.6 Å². The van der Waals surface area contributed by atoms with Gasteiger partial charge in [0.2, 0.25) is 11.8 Å². The molecule has 1 fully saturated rings. The molecule has 244 valence electrons. The standard InChI is InChI=1S/C38H38FN7O2/c1-25(2)38(37(48)42-31-12-13-33-32(22-31)35(44-43-33)28-8-10-30(39)11-9-28)16-21-45(24-38)23-34(47)46-19-14-27(15-20-46)26-4-6-29(7-5-26)36-40-17-3-18-41-36/h3-14,17-18,22,25H,15-16,19-21,23-24H2,1-2H3,(H,42,48)(H,43,44). The maximum absolute atomic E-state index is 13.9. The zero-order chi connectivity index (χ0) is 33.3. The van der Waals surface area contributed by atoms with Crippen molar-refractivity contribution in [2.75, 3.05) is 38.0 Å². The van der Waals surface area contributed by atoms with Crippen LogP contribution in [0.15, 0.2) is 91.3 Å². The molecule has 0 bridgehead atoms. The summed E-state index contributed by atoms with van der Waals surface area (Å²) in [6, 6.07) is 21.9. The molecule has 0 saturated carbocycles. The number of carbonyl (C=O) groups is 2. The molecule has 10 heteroatoms. The zero-order valence-electron chi connectivity index (χ0n) is 27.1. The van der Waals surface area contributed by atoms with Crippen molar-refractivity contribution >= 4 is 34.0 Å². The predicted molar refractivity (Wildman–Crippen MR) is 185 cm³/mol. The monoisotopic (exact) mass is 643 g/mol. The molecule has 3 aromatic carbocycles. The van der Waals surface area contributed by atoms with Crippen molar-refractivity contribution in [1.82, 2.24) is 30.0 Å². The fourth-order valence-corrected chi connectivity index (χ4v) is 6.87. The van der Waals surface area contributed by atoms with Crippen LogP contribution < -0.4 is 5.32 Å². The van der Waals surface area contributed by atoms with Crippen LogP contribution in [0.5, 0.6) is 0 Å². The summed E-state index contributed by atoms with van der Waals surface area (Å²) in [5.41, 5.74) is 5.70. The summed E-state index contributed by atoms with van der Waals surface area (Å²) < 4.78 is 13.5. The van der Waals surface area contributed by atoms with E-state index in [0.29, 0.717) is 56.4 Å². The second-order valence-electron chi connectivity index (χ2n) is 13.0. The minimum absolute atomic E-state index is 0.0472. The van der Waals surface area contributed by atoms with E-state index in [1.807, 2.05) is 35.2 Å². The first-order valence-electron chi connectivity index (χ1n) is 16.4. The van der Waals surface area contributed by atoms with Crippen LogP contribution in [0.2, 0.25) is 0 Å². The normalized spacial score (nSPS) is 18.3. The van der Waals surface area contributed by atoms with Gasteiger partial charge in [0.1, 0.15) is 5.82 Å². The molecular formula is C38H38FN7O2. The number of amides is 2. The van der Waals surface area contributed by atoms with Crippen molar-refractivity contribution in [3.63, 3.8) is 0 Å². The number of benzene rings is 3. The summed E-state index contributed by atoms with van der Waals surface area (Å²) in [4.78, 5) is 40.0. The number of rotatable bonds is 8. The maximum Gasteiger partial charge on any atom is 0.237 e. The molecule has 5 aromatic rings. The molecule has 48 heavy (non-hydrogen) atoms. The lowest BCUT2D eigenvalue weighted by Crippen LogP contribution is -2.45. The van der Waals surface area contributed by atoms with Crippen LogP contribution in [0.1, 0.15) is 32.3 Å². The largest absolute Gasteiger partial charge is 0.338 e. The fraction of sp³-hybridized carbons (Fsp3) is 0.289. The Bertz CT molecular complexity index is 1970. The Balaban J connectivity index is 0.979. The lowest BCUT2D eigenvalue weighted by atomic mass is 9.75. The summed E-state index contributed by atoms with van der Waals surface area (Å²) in [5.74, 6) is 0.504. The third-order valence-electron chi connectivity index (χ3n) is 9.88. The average Bonchev–Trinajstić information content (AvgIpc) is 3.74. The predicted octanol–water partition coefficient (Wildman–Crippen LogP) is 6.43. The van der Waals surface area contributed by atoms with Crippen LogP contribution in [0.25, 0.3) is 39.1 Å². The molecule has 2 amide bonds. The number of halogens is 1. The van der Waals surface area contributed by atoms with Crippen molar-refractivity contribution in [3.05, 3.63) is 103 Å². The van der Waals surface area contributed by atoms with Gasteiger partial charge in [-0.2, -0.15) is 5.10 Å². The molecule has 2 aromatic heterocycles. The topological polar surface area (TPSA) is 107 Å². The van der Waals surface area contributed by atoms with Crippen molar-refractivity contribution in [2.45, 2.75) is 26.7 Å². The van der Waals surface area contributed by atoms with E-state index in [2.05, 4.69) is 62.4 Å². The first-order chi connectivity index (χ1) is 23.3. The van der Waals surface area contributed by atoms with Gasteiger partial charge < -0.3 is 10.2 Å². The van der Waals surface area contributed by atoms with Gasteiger partial charge in [-0.15, -0.1) is 0 Å². The van der Waals surface area contributed by atoms with Gasteiger partial charge in [-0.1, -0.05) is 44.2 Å². The highest BCUT2D eigenvalue weighted by atomic mass is 19.1. The number of anilines is 1. The third-order valence-corrected chi connectivity index (χ3v) is 9.88. The second-order valence-corrected chi connectivity index (χ2v) is 13.0. The lowest BCUT2D eigenvalue weighted by molar-refractivity contribution is -0.133. The quantitative estimate of drug-likeness (QED) is 0.202. The number of carbonyl (C=O) groups excluding carboxylic acids is 2. The third kappa shape index (κ3) is 6.23. The number of hydrogen-bond donors (Lipinski definition) is 2. The minimum Gasteiger partial charge on any atom is -0.338 e. The van der Waals surface area contributed by atoms with E-state index in [1.165, 1.54) is 17.7 Å². The van der Waals surface area contributed by atoms with E-state index in [9.17, 15) is 14.0 Å². The van der Waals surface area contributed by atoms with Crippen LogP contribution in [0.4, 0.5) is 10.1 Å². The SMILES string of the molecule is CC(C)C1(C(=O)Nc2ccc3[nH]nc(-c4ccc(F)cc4)c3c2)CCN(CC(=O)N2CC=C(c3ccc(-c4ncccn4)cc3)CC2)C1. The first kappa shape index (κ1) is 31.4. The molecule has 9 nitrogen and oxygen atoms in total. The molecule has 4 heterocycles. The molecule has 0 aliphatic carbocycles. The van der Waals surface area contributed by atoms with Gasteiger partial charge >= 0.3 is 0 Å². The summed E-state index contributed by atoms with van der Waals surface area (Å²) in [5, 5.41) is 11.5. The Hall–Kier alpha value is -5.22. The minimum atomic E-state index is -0.628. The number of hydrogen-bond acceptors (Lipinski definition) is 6. The maximum atomic E-state index is 13.9. The van der Waals surface area contributed by atoms with Crippen LogP contribution in [-0.2, 0) is 9.59 Å². The van der Waals surface area contributed by atoms with Crippen LogP contribution in [-0.4, -0.2) is 74.5 Å². The number of H-pyrrole nitrogens is 1. The van der Waals surface area contributed by atoms with Gasteiger partial charge in [0.25, 0.3) is 0 Å². The molecule has 1 atom stereocenters. The number of aromatic nitrogens is 4. The van der Waals surface area contributed by atoms with Crippen molar-refractivity contribution in [3.8, 4) is 22.6 Å². The van der Waals surface area contributed by atoms with Gasteiger partial charge in [0.15, 0.2) is 5.82 Å². The Labute approximate surface area is 278 Å². The smallest absolute Gasteiger partial charge is 0.237 e. The Morgan fingerprint density at radius 1 is 0.958 bits per heavy atom. The lowest BCUT2D eigenvalue weighted by Gasteiger charge is -2.33. The number of fused-ring (bicyclic) bond motifs is 1. The van der Waals surface area contributed by atoms with E-state index < -0.39 is 5.41 Å². The Morgan fingerprint density at radius 3 is 2.40 bits per heavy atom. The summed E-state index contributed by atoms with van der Waals surface area (Å²) in [6.07, 6.45) is 7.08. The second kappa shape index (κ2) is 13.1. The zero-order valence-corrected chi connectivity index (χ0v) is 27.1. The number of nitrogens with one attached hydrogen (secondary N) is 2. The Kier molecular flexibility index (Phi) is 8.58. The molecule has 2 aliphatic heterocycles. The number of nitrogens with zero attached hydrogens (tertiary/aromatic N) is 5. The molecule has 0 spiro atoms. The summed E-state index contributed by atoms with van der Waals surface area (Å²) in [7, 11) is 0. The molecule has 1 saturated heterocycles. The van der Waals surface area contributed by atoms with E-state index in [4.69, 9.17) is 0 Å². The van der Waals surface area contributed by atoms with E-state index >= 15 is 0 Å². The van der Waals surface area contributed by atoms with Crippen LogP contribution in [0, 0.1) is 17.2 Å². The van der Waals surface area contributed by atoms with Crippen LogP contribution >= 0.6 is 0 Å². The van der Waals surface area contributed by atoms with Gasteiger partial charge in [-0.25, -0.2) is 14.4 Å². The van der Waals surface area contributed by atoms with Crippen molar-refractivity contribution in [1.29, 1.82) is 0 Å². The number of aromatic amines is 1. The number of likely N-dealkylation sites (tertiary alicyclic amines) is 1.